The number of carbonyl (C=O) groups is 2. The van der Waals surface area contributed by atoms with Gasteiger partial charge < -0.3 is 19.0 Å². The molecule has 2 amide bonds. The summed E-state index contributed by atoms with van der Waals surface area (Å²) in [6.45, 7) is 1.69. The molecule has 0 aliphatic carbocycles. The Balaban J connectivity index is 4.67. The van der Waals surface area contributed by atoms with Gasteiger partial charge in [0.2, 0.25) is 11.8 Å². The van der Waals surface area contributed by atoms with E-state index in [4.69, 9.17) is 19.0 Å². The average Bonchev–Trinajstić information content (AvgIpc) is 2.39. The molecule has 0 aromatic carbocycles. The van der Waals surface area contributed by atoms with Gasteiger partial charge in [0.1, 0.15) is 0 Å². The Morgan fingerprint density at radius 2 is 1.67 bits per heavy atom. The van der Waals surface area contributed by atoms with Crippen LogP contribution >= 0.6 is 0 Å². The predicted molar refractivity (Wildman–Crippen MR) is 67.6 cm³/mol. The Kier molecular flexibility index (Phi) is 7.95. The lowest BCUT2D eigenvalue weighted by Gasteiger charge is -2.31. The highest BCUT2D eigenvalue weighted by atomic mass is 28.4. The minimum atomic E-state index is -2.87. The van der Waals surface area contributed by atoms with Crippen LogP contribution in [0.2, 0.25) is 5.54 Å². The molecule has 0 aliphatic rings. The van der Waals surface area contributed by atoms with Crippen LogP contribution in [0.4, 0.5) is 0 Å². The summed E-state index contributed by atoms with van der Waals surface area (Å²) in [6, 6.07) is 0. The summed E-state index contributed by atoms with van der Waals surface area (Å²) in [6.07, 6.45) is 0.746. The second-order valence-electron chi connectivity index (χ2n) is 3.70. The molecule has 0 heterocycles. The van der Waals surface area contributed by atoms with E-state index in [1.54, 1.807) is 0 Å². The maximum absolute atomic E-state index is 11.6. The summed E-state index contributed by atoms with van der Waals surface area (Å²) in [4.78, 5) is 22.7. The molecule has 0 aromatic rings. The molecule has 18 heavy (non-hydrogen) atoms. The number of amides is 2. The normalized spacial score (nSPS) is 13.2. The van der Waals surface area contributed by atoms with Gasteiger partial charge in [0.25, 0.3) is 0 Å². The van der Waals surface area contributed by atoms with Crippen molar-refractivity contribution in [2.24, 2.45) is 5.73 Å². The van der Waals surface area contributed by atoms with Gasteiger partial charge in [0.05, 0.1) is 6.54 Å². The zero-order chi connectivity index (χ0) is 14.2. The predicted octanol–water partition coefficient (Wildman–Crippen LogP) is -0.364. The molecule has 7 nitrogen and oxygen atoms in total. The van der Waals surface area contributed by atoms with Crippen LogP contribution in [0.3, 0.4) is 0 Å². The van der Waals surface area contributed by atoms with Crippen LogP contribution in [0.5, 0.6) is 0 Å². The van der Waals surface area contributed by atoms with E-state index in [9.17, 15) is 9.59 Å². The summed E-state index contributed by atoms with van der Waals surface area (Å²) in [5, 5.41) is 2.19. The smallest absolute Gasteiger partial charge is 0.377 e. The first-order valence-electron chi connectivity index (χ1n) is 5.67. The van der Waals surface area contributed by atoms with Crippen molar-refractivity contribution >= 4 is 20.6 Å². The van der Waals surface area contributed by atoms with Crippen molar-refractivity contribution in [2.75, 3.05) is 27.9 Å². The van der Waals surface area contributed by atoms with Gasteiger partial charge in [0.15, 0.2) is 0 Å². The van der Waals surface area contributed by atoms with Crippen molar-refractivity contribution in [3.63, 3.8) is 0 Å². The number of hydrogen-bond donors (Lipinski definition) is 2. The Bertz CT molecular complexity index is 275. The van der Waals surface area contributed by atoms with Crippen molar-refractivity contribution in [3.8, 4) is 0 Å². The minimum absolute atomic E-state index is 0.101. The first kappa shape index (κ1) is 17.2. The Morgan fingerprint density at radius 1 is 1.17 bits per heavy atom. The summed E-state index contributed by atoms with van der Waals surface area (Å²) >= 11 is 0. The van der Waals surface area contributed by atoms with E-state index in [0.717, 1.165) is 0 Å². The fraction of sp³-hybridized carbons (Fsp3) is 0.800. The third kappa shape index (κ3) is 4.46. The number of nitrogens with one attached hydrogen (secondary N) is 1. The molecule has 0 saturated heterocycles. The standard InChI is InChI=1S/C10H22N2O5Si/c1-5-8(18(15-2,16-3)17-4)6-9(13)12-10(14)7-11/h8H,5-7,11H2,1-4H3,(H,12,13,14). The largest absolute Gasteiger partial charge is 0.503 e. The van der Waals surface area contributed by atoms with Gasteiger partial charge in [0, 0.05) is 33.3 Å². The maximum atomic E-state index is 11.6. The van der Waals surface area contributed by atoms with Gasteiger partial charge in [-0.1, -0.05) is 6.92 Å². The fourth-order valence-corrected chi connectivity index (χ4v) is 4.19. The third-order valence-corrected chi connectivity index (χ3v) is 6.06. The minimum Gasteiger partial charge on any atom is -0.377 e. The van der Waals surface area contributed by atoms with Crippen LogP contribution in [-0.4, -0.2) is 48.5 Å². The van der Waals surface area contributed by atoms with Crippen LogP contribution in [0.1, 0.15) is 19.8 Å². The fourth-order valence-electron chi connectivity index (χ4n) is 1.75. The first-order chi connectivity index (χ1) is 8.49. The number of nitrogens with two attached hydrogens (primary N) is 1. The van der Waals surface area contributed by atoms with Crippen molar-refractivity contribution in [3.05, 3.63) is 0 Å². The second-order valence-corrected chi connectivity index (χ2v) is 6.95. The number of rotatable bonds is 8. The van der Waals surface area contributed by atoms with E-state index < -0.39 is 20.6 Å². The highest BCUT2D eigenvalue weighted by molar-refractivity contribution is 6.62. The Labute approximate surface area is 108 Å². The molecule has 3 N–H and O–H groups in total. The number of imide groups is 1. The van der Waals surface area contributed by atoms with E-state index in [1.807, 2.05) is 6.92 Å². The molecule has 1 unspecified atom stereocenters. The van der Waals surface area contributed by atoms with E-state index >= 15 is 0 Å². The average molecular weight is 278 g/mol. The molecule has 0 aliphatic heterocycles. The van der Waals surface area contributed by atoms with E-state index in [1.165, 1.54) is 21.3 Å². The summed E-state index contributed by atoms with van der Waals surface area (Å²) in [7, 11) is 1.60. The lowest BCUT2D eigenvalue weighted by atomic mass is 10.2. The van der Waals surface area contributed by atoms with E-state index in [2.05, 4.69) is 5.32 Å². The molecule has 0 rings (SSSR count). The van der Waals surface area contributed by atoms with Crippen molar-refractivity contribution in [1.82, 2.24) is 5.32 Å². The second kappa shape index (κ2) is 8.33. The molecule has 0 saturated carbocycles. The molecule has 106 valence electrons. The molecule has 0 bridgehead atoms. The molecule has 0 spiro atoms. The summed E-state index contributed by atoms with van der Waals surface area (Å²) < 4.78 is 16.0. The Morgan fingerprint density at radius 3 is 2.00 bits per heavy atom. The quantitative estimate of drug-likeness (QED) is 0.588. The zero-order valence-corrected chi connectivity index (χ0v) is 12.3. The van der Waals surface area contributed by atoms with Crippen molar-refractivity contribution < 1.29 is 22.9 Å². The van der Waals surface area contributed by atoms with Crippen LogP contribution < -0.4 is 11.1 Å². The van der Waals surface area contributed by atoms with Crippen molar-refractivity contribution in [1.29, 1.82) is 0 Å². The lowest BCUT2D eigenvalue weighted by Crippen LogP contribution is -2.49. The molecule has 0 aromatic heterocycles. The molecule has 0 radical (unpaired) electrons. The van der Waals surface area contributed by atoms with Gasteiger partial charge in [-0.2, -0.15) is 0 Å². The maximum Gasteiger partial charge on any atom is 0.503 e. The highest BCUT2D eigenvalue weighted by Gasteiger charge is 2.47. The number of carbonyl (C=O) groups excluding carboxylic acids is 2. The van der Waals surface area contributed by atoms with Gasteiger partial charge >= 0.3 is 8.80 Å². The third-order valence-electron chi connectivity index (χ3n) is 2.74. The SMILES string of the molecule is CCC(CC(=O)NC(=O)CN)[Si](OC)(OC)OC. The highest BCUT2D eigenvalue weighted by Crippen LogP contribution is 2.30. The summed E-state index contributed by atoms with van der Waals surface area (Å²) in [5.41, 5.74) is 4.91. The zero-order valence-electron chi connectivity index (χ0n) is 11.3. The molecular weight excluding hydrogens is 256 g/mol. The van der Waals surface area contributed by atoms with Crippen LogP contribution in [-0.2, 0) is 22.9 Å². The van der Waals surface area contributed by atoms with Gasteiger partial charge in [-0.25, -0.2) is 0 Å². The van der Waals surface area contributed by atoms with Gasteiger partial charge in [-0.15, -0.1) is 0 Å². The molecular formula is C10H22N2O5Si. The molecule has 0 fully saturated rings. The molecule has 8 heteroatoms. The summed E-state index contributed by atoms with van der Waals surface area (Å²) in [5.74, 6) is -0.908. The van der Waals surface area contributed by atoms with Gasteiger partial charge in [-0.05, 0) is 6.42 Å². The Hall–Kier alpha value is -0.803. The van der Waals surface area contributed by atoms with Gasteiger partial charge in [-0.3, -0.25) is 14.9 Å². The van der Waals surface area contributed by atoms with Crippen LogP contribution in [0.25, 0.3) is 0 Å². The topological polar surface area (TPSA) is 99.9 Å². The van der Waals surface area contributed by atoms with Crippen LogP contribution in [0.15, 0.2) is 0 Å². The monoisotopic (exact) mass is 278 g/mol. The van der Waals surface area contributed by atoms with E-state index in [0.29, 0.717) is 6.42 Å². The number of hydrogen-bond acceptors (Lipinski definition) is 6. The molecule has 1 atom stereocenters. The first-order valence-corrected chi connectivity index (χ1v) is 7.48. The lowest BCUT2D eigenvalue weighted by molar-refractivity contribution is -0.129. The van der Waals surface area contributed by atoms with E-state index in [-0.39, 0.29) is 18.5 Å². The van der Waals surface area contributed by atoms with Crippen LogP contribution in [0, 0.1) is 0 Å². The van der Waals surface area contributed by atoms with Crippen molar-refractivity contribution in [2.45, 2.75) is 25.3 Å².